The van der Waals surface area contributed by atoms with Gasteiger partial charge in [-0.3, -0.25) is 29.4 Å². The van der Waals surface area contributed by atoms with Gasteiger partial charge in [-0.2, -0.15) is 0 Å². The normalized spacial score (nSPS) is 12.8. The molecule has 1 atom stereocenters. The first-order valence-corrected chi connectivity index (χ1v) is 13.0. The lowest BCUT2D eigenvalue weighted by atomic mass is 10.0. The zero-order valence-corrected chi connectivity index (χ0v) is 22.4. The van der Waals surface area contributed by atoms with Gasteiger partial charge in [0.05, 0.1) is 16.1 Å². The first-order chi connectivity index (χ1) is 20.7. The first kappa shape index (κ1) is 28.6. The maximum Gasteiger partial charge on any atom is 0.343 e. The molecule has 0 saturated heterocycles. The summed E-state index contributed by atoms with van der Waals surface area (Å²) in [5.74, 6) is -3.89. The number of carbonyl (C=O) groups is 5. The van der Waals surface area contributed by atoms with Crippen LogP contribution in [-0.4, -0.2) is 52.0 Å². The molecule has 0 fully saturated rings. The van der Waals surface area contributed by atoms with Gasteiger partial charge in [-0.05, 0) is 48.0 Å². The zero-order chi connectivity index (χ0) is 30.5. The van der Waals surface area contributed by atoms with Gasteiger partial charge in [-0.25, -0.2) is 9.59 Å². The third kappa shape index (κ3) is 6.05. The minimum absolute atomic E-state index is 0.144. The van der Waals surface area contributed by atoms with Gasteiger partial charge in [0.1, 0.15) is 17.4 Å². The van der Waals surface area contributed by atoms with Gasteiger partial charge in [-0.1, -0.05) is 54.6 Å². The number of amides is 2. The Labute approximate surface area is 244 Å². The molecule has 4 aromatic rings. The van der Waals surface area contributed by atoms with Crippen molar-refractivity contribution in [1.82, 2.24) is 4.90 Å². The number of rotatable bonds is 10. The molecule has 0 bridgehead atoms. The van der Waals surface area contributed by atoms with Crippen molar-refractivity contribution in [2.45, 2.75) is 12.5 Å². The monoisotopic (exact) mass is 578 g/mol. The van der Waals surface area contributed by atoms with Gasteiger partial charge in [0.15, 0.2) is 12.4 Å². The van der Waals surface area contributed by atoms with Crippen molar-refractivity contribution >= 4 is 35.2 Å². The number of esters is 2. The van der Waals surface area contributed by atoms with Gasteiger partial charge in [0.2, 0.25) is 0 Å². The van der Waals surface area contributed by atoms with Crippen LogP contribution >= 0.6 is 0 Å². The van der Waals surface area contributed by atoms with Crippen LogP contribution < -0.4 is 4.74 Å². The van der Waals surface area contributed by atoms with E-state index in [0.717, 1.165) is 6.07 Å². The number of fused-ring (bicyclic) bond motifs is 1. The number of nitro benzene ring substituents is 1. The Morgan fingerprint density at radius 3 is 2.07 bits per heavy atom. The van der Waals surface area contributed by atoms with Crippen LogP contribution in [0.2, 0.25) is 0 Å². The molecule has 43 heavy (non-hydrogen) atoms. The highest BCUT2D eigenvalue weighted by Crippen LogP contribution is 2.33. The van der Waals surface area contributed by atoms with Crippen LogP contribution in [0.3, 0.4) is 0 Å². The molecule has 11 heteroatoms. The Morgan fingerprint density at radius 1 is 0.767 bits per heavy atom. The predicted octanol–water partition coefficient (Wildman–Crippen LogP) is 4.45. The number of hydrogen-bond acceptors (Lipinski definition) is 9. The zero-order valence-electron chi connectivity index (χ0n) is 22.4. The summed E-state index contributed by atoms with van der Waals surface area (Å²) in [6.07, 6.45) is -0.144. The average molecular weight is 579 g/mol. The number of nitro groups is 1. The molecule has 1 heterocycles. The molecule has 11 nitrogen and oxygen atoms in total. The fourth-order valence-corrected chi connectivity index (χ4v) is 4.60. The number of Topliss-reactive ketones (excluding diaryl/α,β-unsaturated/α-hetero) is 1. The maximum atomic E-state index is 13.3. The molecule has 0 aromatic heterocycles. The third-order valence-corrected chi connectivity index (χ3v) is 6.72. The quantitative estimate of drug-likeness (QED) is 0.0664. The number of carbonyl (C=O) groups excluding carboxylic acids is 5. The minimum atomic E-state index is -1.50. The molecule has 0 saturated carbocycles. The highest BCUT2D eigenvalue weighted by molar-refractivity contribution is 6.24. The van der Waals surface area contributed by atoms with Crippen LogP contribution in [-0.2, 0) is 16.0 Å². The van der Waals surface area contributed by atoms with Crippen molar-refractivity contribution in [3.05, 3.63) is 141 Å². The molecule has 4 aromatic carbocycles. The molecule has 0 aliphatic carbocycles. The Balaban J connectivity index is 1.31. The smallest absolute Gasteiger partial charge is 0.343 e. The molecular formula is C32H22N2O9. The first-order valence-electron chi connectivity index (χ1n) is 13.0. The van der Waals surface area contributed by atoms with E-state index in [0.29, 0.717) is 16.0 Å². The van der Waals surface area contributed by atoms with E-state index in [-0.39, 0.29) is 23.3 Å². The Bertz CT molecular complexity index is 1740. The minimum Gasteiger partial charge on any atom is -0.456 e. The van der Waals surface area contributed by atoms with E-state index < -0.39 is 58.4 Å². The van der Waals surface area contributed by atoms with E-state index in [1.807, 2.05) is 0 Å². The highest BCUT2D eigenvalue weighted by atomic mass is 16.6. The second-order valence-electron chi connectivity index (χ2n) is 9.45. The lowest BCUT2D eigenvalue weighted by Gasteiger charge is -2.24. The second kappa shape index (κ2) is 12.3. The van der Waals surface area contributed by atoms with Gasteiger partial charge < -0.3 is 9.47 Å². The SMILES string of the molecule is O=C(COC(=O)C(Cc1ccccc1)N1C(=O)c2cccc([N+](=O)[O-])c2C1=O)c1ccc(OC(=O)c2ccccc2)cc1. The largest absolute Gasteiger partial charge is 0.456 e. The molecule has 2 amide bonds. The summed E-state index contributed by atoms with van der Waals surface area (Å²) in [6, 6.07) is 24.7. The summed E-state index contributed by atoms with van der Waals surface area (Å²) in [4.78, 5) is 76.4. The number of imide groups is 1. The van der Waals surface area contributed by atoms with Crippen molar-refractivity contribution in [2.24, 2.45) is 0 Å². The number of ketones is 1. The summed E-state index contributed by atoms with van der Waals surface area (Å²) in [6.45, 7) is -0.712. The second-order valence-corrected chi connectivity index (χ2v) is 9.45. The van der Waals surface area contributed by atoms with E-state index in [2.05, 4.69) is 0 Å². The predicted molar refractivity (Wildman–Crippen MR) is 151 cm³/mol. The standard InChI is InChI=1S/C32H22N2O9/c35-27(21-14-16-23(17-15-21)43-31(38)22-10-5-2-6-11-22)19-42-32(39)26(18-20-8-3-1-4-9-20)33-29(36)24-12-7-13-25(34(40)41)28(24)30(33)37/h1-17,26H,18-19H2. The molecule has 214 valence electrons. The summed E-state index contributed by atoms with van der Waals surface area (Å²) in [5.41, 5.74) is -0.0713. The number of hydrogen-bond donors (Lipinski definition) is 0. The van der Waals surface area contributed by atoms with Gasteiger partial charge in [-0.15, -0.1) is 0 Å². The molecule has 0 spiro atoms. The number of ether oxygens (including phenoxy) is 2. The summed E-state index contributed by atoms with van der Waals surface area (Å²) in [7, 11) is 0. The topological polar surface area (TPSA) is 150 Å². The highest BCUT2D eigenvalue weighted by Gasteiger charge is 2.47. The average Bonchev–Trinajstić information content (AvgIpc) is 3.28. The van der Waals surface area contributed by atoms with Crippen LogP contribution in [0, 0.1) is 10.1 Å². The molecule has 0 radical (unpaired) electrons. The van der Waals surface area contributed by atoms with Crippen molar-refractivity contribution in [3.8, 4) is 5.75 Å². The maximum absolute atomic E-state index is 13.3. The van der Waals surface area contributed by atoms with E-state index >= 15 is 0 Å². The van der Waals surface area contributed by atoms with Crippen molar-refractivity contribution in [2.75, 3.05) is 6.61 Å². The molecule has 0 N–H and O–H groups in total. The van der Waals surface area contributed by atoms with Crippen LogP contribution in [0.25, 0.3) is 0 Å². The summed E-state index contributed by atoms with van der Waals surface area (Å²) >= 11 is 0. The van der Waals surface area contributed by atoms with Gasteiger partial charge in [0, 0.05) is 18.1 Å². The summed E-state index contributed by atoms with van der Waals surface area (Å²) < 4.78 is 10.6. The van der Waals surface area contributed by atoms with E-state index in [1.165, 1.54) is 36.4 Å². The fraction of sp³-hybridized carbons (Fsp3) is 0.0938. The van der Waals surface area contributed by atoms with E-state index in [4.69, 9.17) is 9.47 Å². The van der Waals surface area contributed by atoms with Gasteiger partial charge in [0.25, 0.3) is 17.5 Å². The molecule has 1 aliphatic rings. The number of nitrogens with zero attached hydrogens (tertiary/aromatic N) is 2. The lowest BCUT2D eigenvalue weighted by molar-refractivity contribution is -0.385. The van der Waals surface area contributed by atoms with E-state index in [9.17, 15) is 34.1 Å². The molecular weight excluding hydrogens is 556 g/mol. The van der Waals surface area contributed by atoms with E-state index in [1.54, 1.807) is 60.7 Å². The Morgan fingerprint density at radius 2 is 1.42 bits per heavy atom. The van der Waals surface area contributed by atoms with Crippen molar-refractivity contribution < 1.29 is 38.4 Å². The van der Waals surface area contributed by atoms with Gasteiger partial charge >= 0.3 is 11.9 Å². The van der Waals surface area contributed by atoms with Crippen molar-refractivity contribution in [1.29, 1.82) is 0 Å². The van der Waals surface area contributed by atoms with Crippen molar-refractivity contribution in [3.63, 3.8) is 0 Å². The van der Waals surface area contributed by atoms with Crippen LogP contribution in [0.4, 0.5) is 5.69 Å². The molecule has 5 rings (SSSR count). The third-order valence-electron chi connectivity index (χ3n) is 6.72. The molecule has 1 aliphatic heterocycles. The fourth-order valence-electron chi connectivity index (χ4n) is 4.60. The Hall–Kier alpha value is -5.97. The van der Waals surface area contributed by atoms with Crippen LogP contribution in [0.15, 0.2) is 103 Å². The van der Waals surface area contributed by atoms with Crippen LogP contribution in [0.1, 0.15) is 47.0 Å². The lowest BCUT2D eigenvalue weighted by Crippen LogP contribution is -2.47. The summed E-state index contributed by atoms with van der Waals surface area (Å²) in [5, 5.41) is 11.5. The van der Waals surface area contributed by atoms with Crippen LogP contribution in [0.5, 0.6) is 5.75 Å². The molecule has 1 unspecified atom stereocenters. The Kier molecular flexibility index (Phi) is 8.15. The number of benzene rings is 4.